The van der Waals surface area contributed by atoms with E-state index >= 15 is 0 Å². The van der Waals surface area contributed by atoms with Gasteiger partial charge in [-0.1, -0.05) is 6.92 Å². The minimum atomic E-state index is -4.74. The molecular formula is C45H57N3O19S3. The van der Waals surface area contributed by atoms with Crippen LogP contribution in [-0.4, -0.2) is 151 Å². The van der Waals surface area contributed by atoms with E-state index in [-0.39, 0.29) is 95.6 Å². The molecule has 2 aromatic carbocycles. The van der Waals surface area contributed by atoms with E-state index in [4.69, 9.17) is 23.8 Å². The van der Waals surface area contributed by atoms with Gasteiger partial charge in [-0.25, -0.2) is 4.79 Å². The fraction of sp³-hybridized carbons (Fsp3) is 0.511. The van der Waals surface area contributed by atoms with Crippen molar-refractivity contribution in [3.8, 4) is 0 Å². The summed E-state index contributed by atoms with van der Waals surface area (Å²) in [5.74, 6) is -3.94. The van der Waals surface area contributed by atoms with Crippen LogP contribution in [0.3, 0.4) is 0 Å². The van der Waals surface area contributed by atoms with Crippen LogP contribution in [0.1, 0.15) is 69.9 Å². The molecule has 3 atom stereocenters. The Morgan fingerprint density at radius 2 is 1.34 bits per heavy atom. The Balaban J connectivity index is 1.41. The average molecular weight is 1040 g/mol. The van der Waals surface area contributed by atoms with Crippen LogP contribution < -0.4 is 9.80 Å². The minimum absolute atomic E-state index is 0.00174. The maximum atomic E-state index is 14.5. The van der Waals surface area contributed by atoms with Crippen LogP contribution in [0.15, 0.2) is 80.9 Å². The number of hydrogen-bond donors (Lipinski definition) is 4. The molecule has 0 aromatic heterocycles. The van der Waals surface area contributed by atoms with Gasteiger partial charge in [-0.05, 0) is 92.3 Å². The van der Waals surface area contributed by atoms with Gasteiger partial charge >= 0.3 is 5.97 Å². The molecule has 22 nitrogen and oxygen atoms in total. The molecule has 4 aliphatic rings. The van der Waals surface area contributed by atoms with E-state index in [0.29, 0.717) is 46.5 Å². The van der Waals surface area contributed by atoms with Crippen LogP contribution in [0.4, 0.5) is 11.4 Å². The molecule has 70 heavy (non-hydrogen) atoms. The van der Waals surface area contributed by atoms with Crippen molar-refractivity contribution >= 4 is 65.3 Å². The minimum Gasteiger partial charge on any atom is -0.506 e. The highest BCUT2D eigenvalue weighted by molar-refractivity contribution is 7.86. The number of hydrogen-bond acceptors (Lipinski definition) is 18. The molecule has 6 rings (SSSR count). The first kappa shape index (κ1) is 54.2. The maximum Gasteiger partial charge on any atom is 0.333 e. The molecular weight excluding hydrogens is 983 g/mol. The second-order valence-corrected chi connectivity index (χ2v) is 22.0. The predicted molar refractivity (Wildman–Crippen MR) is 249 cm³/mol. The van der Waals surface area contributed by atoms with E-state index in [1.165, 1.54) is 62.8 Å². The molecule has 2 amide bonds. The fourth-order valence-corrected chi connectivity index (χ4v) is 10.8. The monoisotopic (exact) mass is 1040 g/mol. The Labute approximate surface area is 406 Å². The molecule has 384 valence electrons. The second-order valence-electron chi connectivity index (χ2n) is 17.5. The Bertz CT molecular complexity index is 2810. The zero-order valence-corrected chi connectivity index (χ0v) is 41.4. The van der Waals surface area contributed by atoms with Crippen molar-refractivity contribution < 1.29 is 87.0 Å². The fourth-order valence-electron chi connectivity index (χ4n) is 9.28. The van der Waals surface area contributed by atoms with Crippen molar-refractivity contribution in [2.45, 2.75) is 85.5 Å². The highest BCUT2D eigenvalue weighted by Gasteiger charge is 2.50. The van der Waals surface area contributed by atoms with Gasteiger partial charge in [0.2, 0.25) is 0 Å². The quantitative estimate of drug-likeness (QED) is 0.0479. The van der Waals surface area contributed by atoms with Gasteiger partial charge in [-0.3, -0.25) is 28.0 Å². The van der Waals surface area contributed by atoms with Gasteiger partial charge in [-0.15, -0.1) is 5.06 Å². The highest BCUT2D eigenvalue weighted by Crippen LogP contribution is 2.53. The van der Waals surface area contributed by atoms with Crippen LogP contribution in [0.5, 0.6) is 0 Å². The van der Waals surface area contributed by atoms with E-state index in [9.17, 15) is 63.2 Å². The standard InChI is InChI=1S/C45H57N3O19S3/c1-44(14-6-24-68(54,55)56)33-25-29(69(57,58)59)9-11-36(33)47(17-19-65-22-23-66-21-20-64-4)37(44)27-31-42(52)32(43(31)53)28-38-45(2,15-18-63-3)34-26-30(70(60,61)62)8-10-35(34)46(38)16-5-7-41(51)67-48-39(49)12-13-40(48)50/h8-11,25-28,37,52H,5-7,12-24H2,1-4H3,(H,54,55,56)(H,57,58,59)(H,60,61,62)/b31-27-,38-28+. The maximum absolute atomic E-state index is 14.5. The summed E-state index contributed by atoms with van der Waals surface area (Å²) in [6.45, 7) is 4.96. The van der Waals surface area contributed by atoms with E-state index in [0.717, 1.165) is 0 Å². The number of amides is 2. The van der Waals surface area contributed by atoms with Gasteiger partial charge < -0.3 is 38.7 Å². The zero-order valence-electron chi connectivity index (χ0n) is 39.0. The van der Waals surface area contributed by atoms with Crippen molar-refractivity contribution in [1.29, 1.82) is 0 Å². The first-order chi connectivity index (χ1) is 32.9. The molecule has 4 N–H and O–H groups in total. The Kier molecular flexibility index (Phi) is 16.8. The molecule has 25 heteroatoms. The normalized spacial score (nSPS) is 22.7. The molecule has 1 fully saturated rings. The third-order valence-corrected chi connectivity index (χ3v) is 15.4. The number of aliphatic hydroxyl groups is 1. The summed E-state index contributed by atoms with van der Waals surface area (Å²) >= 11 is 0. The summed E-state index contributed by atoms with van der Waals surface area (Å²) in [5.41, 5.74) is -0.681. The summed E-state index contributed by atoms with van der Waals surface area (Å²) in [6, 6.07) is 6.94. The van der Waals surface area contributed by atoms with E-state index in [2.05, 4.69) is 0 Å². The van der Waals surface area contributed by atoms with E-state index in [1.807, 2.05) is 0 Å². The smallest absolute Gasteiger partial charge is 0.333 e. The van der Waals surface area contributed by atoms with E-state index < -0.39 is 92.1 Å². The van der Waals surface area contributed by atoms with Crippen molar-refractivity contribution in [3.05, 3.63) is 82.3 Å². The van der Waals surface area contributed by atoms with Gasteiger partial charge in [-0.2, -0.15) is 25.3 Å². The molecule has 0 radical (unpaired) electrons. The lowest BCUT2D eigenvalue weighted by atomic mass is 9.72. The van der Waals surface area contributed by atoms with E-state index in [1.54, 1.807) is 23.6 Å². The number of Topliss-reactive ketones (excluding diaryl/α,β-unsaturated/α-hetero) is 1. The lowest BCUT2D eigenvalue weighted by Gasteiger charge is -2.37. The summed E-state index contributed by atoms with van der Waals surface area (Å²) in [4.78, 5) is 59.2. The van der Waals surface area contributed by atoms with Crippen LogP contribution in [-0.2, 0) is 84.1 Å². The number of imide groups is 1. The lowest BCUT2D eigenvalue weighted by Crippen LogP contribution is -2.44. The Morgan fingerprint density at radius 1 is 0.757 bits per heavy atom. The molecule has 2 aromatic rings. The van der Waals surface area contributed by atoms with Crippen LogP contribution >= 0.6 is 0 Å². The SMILES string of the molecule is COCCOCCOCCN1c2ccc(S(=O)(=O)O)cc2C(C)(CCCS(=O)(=O)O)C1/C=C1\C(=O)C(/C=C2/N(CCCC(=O)ON3C(=O)CCC3=O)c3ccc(S(=O)(=O)O)cc3C2(C)CCOC)=C1O. The summed E-state index contributed by atoms with van der Waals surface area (Å²) in [5, 5.41) is 12.3. The van der Waals surface area contributed by atoms with Crippen molar-refractivity contribution in [2.24, 2.45) is 0 Å². The predicted octanol–water partition coefficient (Wildman–Crippen LogP) is 3.38. The zero-order chi connectivity index (χ0) is 51.4. The second kappa shape index (κ2) is 21.7. The first-order valence-corrected chi connectivity index (χ1v) is 26.7. The van der Waals surface area contributed by atoms with Gasteiger partial charge in [0.1, 0.15) is 5.76 Å². The van der Waals surface area contributed by atoms with Crippen molar-refractivity contribution in [2.75, 3.05) is 82.5 Å². The molecule has 1 aliphatic carbocycles. The number of aliphatic hydroxyl groups excluding tert-OH is 1. The Hall–Kier alpha value is -5.09. The van der Waals surface area contributed by atoms with Gasteiger partial charge in [0.25, 0.3) is 42.2 Å². The number of carbonyl (C=O) groups excluding carboxylic acids is 4. The van der Waals surface area contributed by atoms with Gasteiger partial charge in [0, 0.05) is 81.1 Å². The average Bonchev–Trinajstić information content (AvgIpc) is 3.82. The molecule has 0 bridgehead atoms. The number of rotatable bonds is 25. The number of benzene rings is 2. The van der Waals surface area contributed by atoms with Gasteiger partial charge in [0.15, 0.2) is 5.78 Å². The molecule has 0 spiro atoms. The van der Waals surface area contributed by atoms with Crippen LogP contribution in [0.25, 0.3) is 0 Å². The molecule has 1 saturated heterocycles. The summed E-state index contributed by atoms with van der Waals surface area (Å²) < 4.78 is 125. The number of nitrogens with zero attached hydrogens (tertiary/aromatic N) is 3. The largest absolute Gasteiger partial charge is 0.506 e. The number of methoxy groups -OCH3 is 2. The lowest BCUT2D eigenvalue weighted by molar-refractivity contribution is -0.197. The van der Waals surface area contributed by atoms with Crippen molar-refractivity contribution in [1.82, 2.24) is 5.06 Å². The number of fused-ring (bicyclic) bond motifs is 2. The third-order valence-electron chi connectivity index (χ3n) is 12.9. The number of allylic oxidation sites excluding steroid dienone is 4. The number of hydroxylamine groups is 2. The summed E-state index contributed by atoms with van der Waals surface area (Å²) in [7, 11) is -10.9. The Morgan fingerprint density at radius 3 is 1.93 bits per heavy atom. The molecule has 3 unspecified atom stereocenters. The number of anilines is 2. The summed E-state index contributed by atoms with van der Waals surface area (Å²) in [6.07, 6.45) is 2.55. The number of ketones is 1. The number of ether oxygens (including phenoxy) is 4. The first-order valence-electron chi connectivity index (χ1n) is 22.2. The molecule has 3 aliphatic heterocycles. The number of carbonyl (C=O) groups is 4. The third kappa shape index (κ3) is 11.8. The van der Waals surface area contributed by atoms with Crippen LogP contribution in [0, 0.1) is 0 Å². The van der Waals surface area contributed by atoms with Crippen LogP contribution in [0.2, 0.25) is 0 Å². The highest BCUT2D eigenvalue weighted by atomic mass is 32.2. The molecule has 3 heterocycles. The van der Waals surface area contributed by atoms with Gasteiger partial charge in [0.05, 0.1) is 65.8 Å². The topological polar surface area (TPSA) is 307 Å². The molecule has 0 saturated carbocycles. The van der Waals surface area contributed by atoms with Crippen molar-refractivity contribution in [3.63, 3.8) is 0 Å².